The van der Waals surface area contributed by atoms with E-state index in [1.165, 1.54) is 7.11 Å². The summed E-state index contributed by atoms with van der Waals surface area (Å²) in [6, 6.07) is 2.08. The summed E-state index contributed by atoms with van der Waals surface area (Å²) in [5.74, 6) is -1.01. The summed E-state index contributed by atoms with van der Waals surface area (Å²) in [6.45, 7) is 0. The van der Waals surface area contributed by atoms with Gasteiger partial charge in [0.05, 0.1) is 12.1 Å². The van der Waals surface area contributed by atoms with Gasteiger partial charge < -0.3 is 19.4 Å². The molecule has 0 amide bonds. The van der Waals surface area contributed by atoms with E-state index >= 15 is 0 Å². The van der Waals surface area contributed by atoms with Crippen LogP contribution in [0.15, 0.2) is 12.1 Å². The molecule has 0 unspecified atom stereocenters. The van der Waals surface area contributed by atoms with Gasteiger partial charge in [-0.05, 0) is 0 Å². The fourth-order valence-corrected chi connectivity index (χ4v) is 1.10. The lowest BCUT2D eigenvalue weighted by Gasteiger charge is -2.08. The first-order valence-electron chi connectivity index (χ1n) is 3.60. The molecule has 0 saturated carbocycles. The van der Waals surface area contributed by atoms with Crippen LogP contribution in [0.25, 0.3) is 0 Å². The van der Waals surface area contributed by atoms with Crippen molar-refractivity contribution in [2.45, 2.75) is 0 Å². The molecule has 0 bridgehead atoms. The Kier molecular flexibility index (Phi) is 3.57. The van der Waals surface area contributed by atoms with Crippen LogP contribution in [0.3, 0.4) is 0 Å². The van der Waals surface area contributed by atoms with Crippen molar-refractivity contribution < 1.29 is 23.8 Å². The third kappa shape index (κ3) is 2.51. The van der Waals surface area contributed by atoms with Crippen LogP contribution in [0.5, 0.6) is 11.5 Å². The fraction of sp³-hybridized carbons (Fsp3) is 0.143. The highest BCUT2D eigenvalue weighted by molar-refractivity contribution is 6.34. The van der Waals surface area contributed by atoms with Gasteiger partial charge in [-0.1, -0.05) is 11.6 Å². The van der Waals surface area contributed by atoms with E-state index in [9.17, 15) is 4.39 Å². The number of benzene rings is 1. The molecule has 1 rings (SSSR count). The van der Waals surface area contributed by atoms with Gasteiger partial charge in [-0.25, -0.2) is 4.39 Å². The minimum absolute atomic E-state index is 0.115. The third-order valence-electron chi connectivity index (χ3n) is 1.44. The maximum Gasteiger partial charge on any atom is 0.707 e. The average Bonchev–Trinajstić information content (AvgIpc) is 2.10. The molecule has 4 nitrogen and oxygen atoms in total. The van der Waals surface area contributed by atoms with Crippen LogP contribution < -0.4 is 9.39 Å². The minimum Gasteiger partial charge on any atom is -0.510 e. The summed E-state index contributed by atoms with van der Waals surface area (Å²) >= 11 is 5.65. The zero-order valence-corrected chi connectivity index (χ0v) is 7.95. The molecule has 1 aromatic rings. The Morgan fingerprint density at radius 2 is 2.00 bits per heavy atom. The molecule has 0 spiro atoms. The van der Waals surface area contributed by atoms with Crippen molar-refractivity contribution in [1.29, 1.82) is 0 Å². The Bertz CT molecular complexity index is 334. The van der Waals surface area contributed by atoms with E-state index in [-0.39, 0.29) is 16.5 Å². The van der Waals surface area contributed by atoms with E-state index in [4.69, 9.17) is 26.4 Å². The maximum atomic E-state index is 13.1. The van der Waals surface area contributed by atoms with E-state index in [1.54, 1.807) is 0 Å². The van der Waals surface area contributed by atoms with Crippen molar-refractivity contribution in [3.63, 3.8) is 0 Å². The molecule has 0 aromatic heterocycles. The van der Waals surface area contributed by atoms with Gasteiger partial charge in [0.1, 0.15) is 11.5 Å². The molecule has 0 aliphatic carbocycles. The Hall–Kier alpha value is -0.975. The molecule has 2 N–H and O–H groups in total. The fourth-order valence-electron chi connectivity index (χ4n) is 0.871. The zero-order chi connectivity index (χ0) is 10.7. The molecule has 1 aromatic carbocycles. The van der Waals surface area contributed by atoms with Crippen molar-refractivity contribution in [3.8, 4) is 11.5 Å². The van der Waals surface area contributed by atoms with Gasteiger partial charge in [0.25, 0.3) is 0 Å². The SMILES string of the molecule is COc1cc(F)c(OB(O)O)cc1Cl. The molecule has 0 heterocycles. The topological polar surface area (TPSA) is 58.9 Å². The van der Waals surface area contributed by atoms with Crippen molar-refractivity contribution in [1.82, 2.24) is 0 Å². The second-order valence-electron chi connectivity index (χ2n) is 2.36. The molecule has 7 heteroatoms. The van der Waals surface area contributed by atoms with E-state index in [2.05, 4.69) is 4.65 Å². The van der Waals surface area contributed by atoms with Gasteiger partial charge in [0.2, 0.25) is 0 Å². The van der Waals surface area contributed by atoms with Crippen LogP contribution in [0.2, 0.25) is 5.02 Å². The van der Waals surface area contributed by atoms with Gasteiger partial charge in [-0.2, -0.15) is 0 Å². The van der Waals surface area contributed by atoms with Gasteiger partial charge in [0.15, 0.2) is 5.82 Å². The lowest BCUT2D eigenvalue weighted by molar-refractivity contribution is 0.281. The molecule has 0 saturated heterocycles. The smallest absolute Gasteiger partial charge is 0.510 e. The molecule has 76 valence electrons. The van der Waals surface area contributed by atoms with Gasteiger partial charge in [-0.15, -0.1) is 0 Å². The maximum absolute atomic E-state index is 13.1. The Balaban J connectivity index is 3.02. The van der Waals surface area contributed by atoms with Gasteiger partial charge >= 0.3 is 7.32 Å². The summed E-state index contributed by atoms with van der Waals surface area (Å²) in [5, 5.41) is 17.0. The van der Waals surface area contributed by atoms with E-state index in [0.29, 0.717) is 0 Å². The summed E-state index contributed by atoms with van der Waals surface area (Å²) in [4.78, 5) is 0. The van der Waals surface area contributed by atoms with Crippen molar-refractivity contribution >= 4 is 18.9 Å². The first-order chi connectivity index (χ1) is 6.54. The standard InChI is InChI=1S/C7H7BClFO4/c1-13-6-3-5(10)7(2-4(6)9)14-8(11)12/h2-3,11-12H,1H3. The molecular formula is C7H7BClFO4. The molecule has 0 atom stereocenters. The van der Waals surface area contributed by atoms with Crippen molar-refractivity contribution in [2.75, 3.05) is 7.11 Å². The Morgan fingerprint density at radius 3 is 2.50 bits per heavy atom. The molecule has 0 aliphatic rings. The summed E-state index contributed by atoms with van der Waals surface area (Å²) in [7, 11) is -0.754. The van der Waals surface area contributed by atoms with Crippen LogP contribution in [0.4, 0.5) is 4.39 Å². The third-order valence-corrected chi connectivity index (χ3v) is 1.73. The second-order valence-corrected chi connectivity index (χ2v) is 2.77. The highest BCUT2D eigenvalue weighted by Gasteiger charge is 2.16. The minimum atomic E-state index is -2.09. The number of methoxy groups -OCH3 is 1. The molecule has 0 radical (unpaired) electrons. The van der Waals surface area contributed by atoms with Crippen LogP contribution >= 0.6 is 11.6 Å². The summed E-state index contributed by atoms with van der Waals surface area (Å²) in [5.41, 5.74) is 0. The van der Waals surface area contributed by atoms with E-state index < -0.39 is 13.1 Å². The zero-order valence-electron chi connectivity index (χ0n) is 7.20. The lowest BCUT2D eigenvalue weighted by atomic mass is 10.2. The highest BCUT2D eigenvalue weighted by Crippen LogP contribution is 2.31. The van der Waals surface area contributed by atoms with Crippen molar-refractivity contribution in [3.05, 3.63) is 23.0 Å². The first-order valence-corrected chi connectivity index (χ1v) is 3.98. The van der Waals surface area contributed by atoms with Crippen LogP contribution in [0, 0.1) is 5.82 Å². The predicted octanol–water partition coefficient (Wildman–Crippen LogP) is 0.836. The van der Waals surface area contributed by atoms with Crippen molar-refractivity contribution in [2.24, 2.45) is 0 Å². The normalized spacial score (nSPS) is 9.79. The molecular weight excluding hydrogens is 213 g/mol. The highest BCUT2D eigenvalue weighted by atomic mass is 35.5. The lowest BCUT2D eigenvalue weighted by Crippen LogP contribution is -2.21. The van der Waals surface area contributed by atoms with Crippen LogP contribution in [-0.2, 0) is 0 Å². The number of rotatable bonds is 3. The Labute approximate surface area is 85.0 Å². The summed E-state index contributed by atoms with van der Waals surface area (Å²) in [6.07, 6.45) is 0. The molecule has 0 aliphatic heterocycles. The van der Waals surface area contributed by atoms with E-state index in [1.807, 2.05) is 0 Å². The molecule has 0 fully saturated rings. The van der Waals surface area contributed by atoms with Gasteiger partial charge in [-0.3, -0.25) is 0 Å². The van der Waals surface area contributed by atoms with Crippen LogP contribution in [-0.4, -0.2) is 24.5 Å². The largest absolute Gasteiger partial charge is 0.707 e. The predicted molar refractivity (Wildman–Crippen MR) is 48.8 cm³/mol. The average molecular weight is 220 g/mol. The number of hydrogen-bond donors (Lipinski definition) is 2. The first kappa shape index (κ1) is 11.1. The number of halogens is 2. The van der Waals surface area contributed by atoms with Crippen LogP contribution in [0.1, 0.15) is 0 Å². The van der Waals surface area contributed by atoms with Gasteiger partial charge in [0, 0.05) is 12.1 Å². The number of ether oxygens (including phenoxy) is 1. The quantitative estimate of drug-likeness (QED) is 0.741. The second kappa shape index (κ2) is 4.50. The molecule has 14 heavy (non-hydrogen) atoms. The summed E-state index contributed by atoms with van der Waals surface area (Å²) < 4.78 is 22.1. The Morgan fingerprint density at radius 1 is 1.36 bits per heavy atom. The number of hydrogen-bond acceptors (Lipinski definition) is 4. The van der Waals surface area contributed by atoms with E-state index in [0.717, 1.165) is 12.1 Å². The monoisotopic (exact) mass is 220 g/mol.